The molecule has 1 fully saturated rings. The third-order valence-electron chi connectivity index (χ3n) is 5.68. The van der Waals surface area contributed by atoms with Crippen LogP contribution in [0.4, 0.5) is 5.69 Å². The summed E-state index contributed by atoms with van der Waals surface area (Å²) in [6, 6.07) is 13.1. The molecule has 4 rings (SSSR count). The second-order valence-electron chi connectivity index (χ2n) is 7.82. The topological polar surface area (TPSA) is 101 Å². The van der Waals surface area contributed by atoms with Gasteiger partial charge in [0, 0.05) is 30.7 Å². The summed E-state index contributed by atoms with van der Waals surface area (Å²) in [5.41, 5.74) is 0.207. The lowest BCUT2D eigenvalue weighted by Crippen LogP contribution is -2.32. The highest BCUT2D eigenvalue weighted by atomic mass is 32.2. The van der Waals surface area contributed by atoms with Crippen molar-refractivity contribution in [3.63, 3.8) is 0 Å². The van der Waals surface area contributed by atoms with Crippen LogP contribution in [0.2, 0.25) is 0 Å². The maximum Gasteiger partial charge on any atom is 0.276 e. The summed E-state index contributed by atoms with van der Waals surface area (Å²) in [7, 11) is -3.64. The lowest BCUT2D eigenvalue weighted by molar-refractivity contribution is 0.102. The first-order valence-corrected chi connectivity index (χ1v) is 12.3. The standard InChI is InChI=1S/C23H26N4O4S/c1-2-27-23(29)20-13-6-5-12-19(20)21(25-27)22(28)24-17-10-9-11-18(16-17)32(30,31)26-14-7-3-4-8-15-26/h5-6,9-13,16H,2-4,7-8,14-15H2,1H3,(H,24,28). The molecule has 1 aromatic heterocycles. The van der Waals surface area contributed by atoms with Crippen LogP contribution in [0.5, 0.6) is 0 Å². The smallest absolute Gasteiger partial charge is 0.276 e. The number of nitrogens with zero attached hydrogens (tertiary/aromatic N) is 3. The minimum atomic E-state index is -3.64. The Morgan fingerprint density at radius 1 is 1.00 bits per heavy atom. The second kappa shape index (κ2) is 9.22. The van der Waals surface area contributed by atoms with Gasteiger partial charge in [-0.25, -0.2) is 13.1 Å². The van der Waals surface area contributed by atoms with E-state index in [2.05, 4.69) is 10.4 Å². The minimum absolute atomic E-state index is 0.114. The number of carbonyl (C=O) groups excluding carboxylic acids is 1. The van der Waals surface area contributed by atoms with Gasteiger partial charge in [0.1, 0.15) is 0 Å². The van der Waals surface area contributed by atoms with Gasteiger partial charge in [-0.2, -0.15) is 9.40 Å². The molecule has 2 heterocycles. The predicted octanol–water partition coefficient (Wildman–Crippen LogP) is 3.23. The number of hydrogen-bond acceptors (Lipinski definition) is 5. The summed E-state index contributed by atoms with van der Waals surface area (Å²) in [5.74, 6) is -0.507. The molecule has 1 aliphatic heterocycles. The number of aromatic nitrogens is 2. The number of nitrogens with one attached hydrogen (secondary N) is 1. The Morgan fingerprint density at radius 2 is 1.69 bits per heavy atom. The van der Waals surface area contributed by atoms with E-state index in [0.717, 1.165) is 25.7 Å². The first kappa shape index (κ1) is 22.2. The molecular weight excluding hydrogens is 428 g/mol. The van der Waals surface area contributed by atoms with Gasteiger partial charge in [-0.1, -0.05) is 37.1 Å². The Balaban J connectivity index is 1.65. The van der Waals surface area contributed by atoms with E-state index in [1.54, 1.807) is 49.4 Å². The summed E-state index contributed by atoms with van der Waals surface area (Å²) in [5, 5.41) is 7.85. The molecule has 0 bridgehead atoms. The van der Waals surface area contributed by atoms with Gasteiger partial charge in [0.15, 0.2) is 5.69 Å². The maximum atomic E-state index is 13.1. The molecule has 0 atom stereocenters. The Kier molecular flexibility index (Phi) is 6.38. The molecule has 3 aromatic rings. The van der Waals surface area contributed by atoms with Gasteiger partial charge in [-0.05, 0) is 44.0 Å². The zero-order valence-corrected chi connectivity index (χ0v) is 18.8. The number of carbonyl (C=O) groups is 1. The van der Waals surface area contributed by atoms with E-state index in [4.69, 9.17) is 0 Å². The van der Waals surface area contributed by atoms with E-state index in [-0.39, 0.29) is 16.1 Å². The molecule has 9 heteroatoms. The van der Waals surface area contributed by atoms with E-state index < -0.39 is 15.9 Å². The van der Waals surface area contributed by atoms with Gasteiger partial charge >= 0.3 is 0 Å². The summed E-state index contributed by atoms with van der Waals surface area (Å²) < 4.78 is 29.0. The van der Waals surface area contributed by atoms with Crippen LogP contribution in [0.1, 0.15) is 43.1 Å². The van der Waals surface area contributed by atoms with Crippen LogP contribution in [0.15, 0.2) is 58.2 Å². The number of aryl methyl sites for hydroxylation is 1. The van der Waals surface area contributed by atoms with Crippen molar-refractivity contribution in [1.82, 2.24) is 14.1 Å². The third kappa shape index (κ3) is 4.31. The summed E-state index contributed by atoms with van der Waals surface area (Å²) in [6.07, 6.45) is 3.76. The normalized spacial score (nSPS) is 15.4. The van der Waals surface area contributed by atoms with Crippen LogP contribution in [-0.2, 0) is 16.6 Å². The Morgan fingerprint density at radius 3 is 2.38 bits per heavy atom. The first-order valence-electron chi connectivity index (χ1n) is 10.8. The molecule has 1 N–H and O–H groups in total. The van der Waals surface area contributed by atoms with Crippen LogP contribution in [0.25, 0.3) is 10.8 Å². The molecule has 1 aliphatic rings. The largest absolute Gasteiger partial charge is 0.321 e. The summed E-state index contributed by atoms with van der Waals surface area (Å²) in [4.78, 5) is 25.7. The van der Waals surface area contributed by atoms with Gasteiger partial charge in [-0.15, -0.1) is 0 Å². The average Bonchev–Trinajstić information content (AvgIpc) is 3.10. The average molecular weight is 455 g/mol. The molecule has 0 unspecified atom stereocenters. The van der Waals surface area contributed by atoms with Crippen molar-refractivity contribution in [2.45, 2.75) is 44.0 Å². The third-order valence-corrected chi connectivity index (χ3v) is 7.57. The van der Waals surface area contributed by atoms with Crippen molar-refractivity contribution in [2.75, 3.05) is 18.4 Å². The zero-order valence-electron chi connectivity index (χ0n) is 18.0. The van der Waals surface area contributed by atoms with E-state index in [1.807, 2.05) is 0 Å². The van der Waals surface area contributed by atoms with Gasteiger partial charge < -0.3 is 5.32 Å². The molecule has 168 valence electrons. The molecule has 1 amide bonds. The first-order chi connectivity index (χ1) is 15.4. The van der Waals surface area contributed by atoms with Crippen molar-refractivity contribution in [1.29, 1.82) is 0 Å². The zero-order chi connectivity index (χ0) is 22.7. The van der Waals surface area contributed by atoms with Gasteiger partial charge in [0.25, 0.3) is 11.5 Å². The van der Waals surface area contributed by atoms with E-state index in [1.165, 1.54) is 15.1 Å². The number of anilines is 1. The molecule has 0 aliphatic carbocycles. The number of hydrogen-bond donors (Lipinski definition) is 1. The van der Waals surface area contributed by atoms with Crippen LogP contribution in [0.3, 0.4) is 0 Å². The Labute approximate surface area is 186 Å². The van der Waals surface area contributed by atoms with Gasteiger partial charge in [-0.3, -0.25) is 9.59 Å². The number of fused-ring (bicyclic) bond motifs is 1. The highest BCUT2D eigenvalue weighted by Gasteiger charge is 2.25. The molecular formula is C23H26N4O4S. The van der Waals surface area contributed by atoms with Gasteiger partial charge in [0.2, 0.25) is 10.0 Å². The van der Waals surface area contributed by atoms with E-state index in [0.29, 0.717) is 36.1 Å². The number of amides is 1. The van der Waals surface area contributed by atoms with E-state index in [9.17, 15) is 18.0 Å². The van der Waals surface area contributed by atoms with Gasteiger partial charge in [0.05, 0.1) is 10.3 Å². The second-order valence-corrected chi connectivity index (χ2v) is 9.75. The minimum Gasteiger partial charge on any atom is -0.321 e. The fourth-order valence-corrected chi connectivity index (χ4v) is 5.54. The molecule has 2 aromatic carbocycles. The van der Waals surface area contributed by atoms with Crippen LogP contribution in [0, 0.1) is 0 Å². The molecule has 0 saturated carbocycles. The van der Waals surface area contributed by atoms with Crippen molar-refractivity contribution in [3.8, 4) is 0 Å². The fourth-order valence-electron chi connectivity index (χ4n) is 3.97. The molecule has 0 spiro atoms. The molecule has 0 radical (unpaired) electrons. The summed E-state index contributed by atoms with van der Waals surface area (Å²) in [6.45, 7) is 3.12. The maximum absolute atomic E-state index is 13.1. The number of benzene rings is 2. The lowest BCUT2D eigenvalue weighted by Gasteiger charge is -2.20. The Hall–Kier alpha value is -3.04. The molecule has 8 nitrogen and oxygen atoms in total. The van der Waals surface area contributed by atoms with Crippen molar-refractivity contribution in [2.24, 2.45) is 0 Å². The number of sulfonamides is 1. The van der Waals surface area contributed by atoms with Crippen LogP contribution >= 0.6 is 0 Å². The van der Waals surface area contributed by atoms with Crippen molar-refractivity contribution in [3.05, 3.63) is 64.6 Å². The number of rotatable bonds is 5. The van der Waals surface area contributed by atoms with Crippen LogP contribution in [-0.4, -0.2) is 41.5 Å². The fraction of sp³-hybridized carbons (Fsp3) is 0.348. The predicted molar refractivity (Wildman–Crippen MR) is 123 cm³/mol. The van der Waals surface area contributed by atoms with Crippen LogP contribution < -0.4 is 10.9 Å². The highest BCUT2D eigenvalue weighted by molar-refractivity contribution is 7.89. The van der Waals surface area contributed by atoms with E-state index >= 15 is 0 Å². The quantitative estimate of drug-likeness (QED) is 0.638. The Bertz CT molecular complexity index is 1310. The van der Waals surface area contributed by atoms with Crippen molar-refractivity contribution < 1.29 is 13.2 Å². The highest BCUT2D eigenvalue weighted by Crippen LogP contribution is 2.23. The monoisotopic (exact) mass is 454 g/mol. The SMILES string of the molecule is CCn1nc(C(=O)Nc2cccc(S(=O)(=O)N3CCCCCC3)c2)c2ccccc2c1=O. The summed E-state index contributed by atoms with van der Waals surface area (Å²) >= 11 is 0. The lowest BCUT2D eigenvalue weighted by atomic mass is 10.1. The van der Waals surface area contributed by atoms with Crippen molar-refractivity contribution >= 4 is 32.4 Å². The molecule has 32 heavy (non-hydrogen) atoms. The molecule has 1 saturated heterocycles.